The highest BCUT2D eigenvalue weighted by molar-refractivity contribution is 5.77. The Morgan fingerprint density at radius 1 is 1.00 bits per heavy atom. The highest BCUT2D eigenvalue weighted by atomic mass is 16.5. The van der Waals surface area contributed by atoms with E-state index in [9.17, 15) is 4.79 Å². The SMILES string of the molecule is O=Cc1ccc(OCCCCCc2ccccc2)c(-n2cccn2)c1. The van der Waals surface area contributed by atoms with Crippen molar-refractivity contribution in [2.75, 3.05) is 6.61 Å². The van der Waals surface area contributed by atoms with Crippen molar-refractivity contribution < 1.29 is 9.53 Å². The van der Waals surface area contributed by atoms with Crippen LogP contribution >= 0.6 is 0 Å². The second-order valence-electron chi connectivity index (χ2n) is 5.94. The Bertz CT molecular complexity index is 783. The summed E-state index contributed by atoms with van der Waals surface area (Å²) in [5.41, 5.74) is 2.79. The molecule has 4 heteroatoms. The Balaban J connectivity index is 1.50. The minimum Gasteiger partial charge on any atom is -0.491 e. The maximum Gasteiger partial charge on any atom is 0.150 e. The van der Waals surface area contributed by atoms with Crippen molar-refractivity contribution in [3.8, 4) is 11.4 Å². The minimum absolute atomic E-state index is 0.612. The van der Waals surface area contributed by atoms with Crippen LogP contribution in [0.3, 0.4) is 0 Å². The van der Waals surface area contributed by atoms with Gasteiger partial charge in [-0.2, -0.15) is 5.10 Å². The molecule has 3 rings (SSSR count). The first-order chi connectivity index (χ1) is 12.4. The van der Waals surface area contributed by atoms with Crippen molar-refractivity contribution in [3.05, 3.63) is 78.1 Å². The lowest BCUT2D eigenvalue weighted by Gasteiger charge is -2.12. The van der Waals surface area contributed by atoms with Crippen molar-refractivity contribution in [1.82, 2.24) is 9.78 Å². The van der Waals surface area contributed by atoms with Crippen molar-refractivity contribution in [2.45, 2.75) is 25.7 Å². The summed E-state index contributed by atoms with van der Waals surface area (Å²) in [6, 6.07) is 17.8. The third-order valence-electron chi connectivity index (χ3n) is 4.08. The topological polar surface area (TPSA) is 44.1 Å². The van der Waals surface area contributed by atoms with Crippen LogP contribution in [0.5, 0.6) is 5.75 Å². The van der Waals surface area contributed by atoms with Crippen LogP contribution in [0.15, 0.2) is 67.0 Å². The van der Waals surface area contributed by atoms with E-state index >= 15 is 0 Å². The molecular weight excluding hydrogens is 312 g/mol. The molecule has 0 unspecified atom stereocenters. The second kappa shape index (κ2) is 8.83. The maximum absolute atomic E-state index is 11.0. The molecule has 128 valence electrons. The van der Waals surface area contributed by atoms with E-state index in [1.807, 2.05) is 24.4 Å². The monoisotopic (exact) mass is 334 g/mol. The number of hydrogen-bond acceptors (Lipinski definition) is 3. The van der Waals surface area contributed by atoms with Crippen LogP contribution in [-0.2, 0) is 6.42 Å². The van der Waals surface area contributed by atoms with E-state index in [0.29, 0.717) is 12.2 Å². The standard InChI is InChI=1S/C21H22N2O2/c24-17-19-11-12-21(20(16-19)23-14-7-13-22-23)25-15-6-2-5-10-18-8-3-1-4-9-18/h1,3-4,7-9,11-14,16-17H,2,5-6,10,15H2. The van der Waals surface area contributed by atoms with Crippen LogP contribution in [-0.4, -0.2) is 22.7 Å². The van der Waals surface area contributed by atoms with Crippen LogP contribution in [0.2, 0.25) is 0 Å². The summed E-state index contributed by atoms with van der Waals surface area (Å²) in [6.07, 6.45) is 8.77. The molecule has 0 amide bonds. The number of aldehydes is 1. The van der Waals surface area contributed by atoms with E-state index < -0.39 is 0 Å². The Kier molecular flexibility index (Phi) is 5.99. The maximum atomic E-state index is 11.0. The largest absolute Gasteiger partial charge is 0.491 e. The molecule has 0 aliphatic rings. The molecule has 1 aromatic heterocycles. The first-order valence-electron chi connectivity index (χ1n) is 8.63. The lowest BCUT2D eigenvalue weighted by molar-refractivity contribution is 0.112. The van der Waals surface area contributed by atoms with Gasteiger partial charge in [-0.25, -0.2) is 4.68 Å². The molecule has 25 heavy (non-hydrogen) atoms. The summed E-state index contributed by atoms with van der Waals surface area (Å²) in [5.74, 6) is 0.748. The minimum atomic E-state index is 0.612. The van der Waals surface area contributed by atoms with Crippen molar-refractivity contribution >= 4 is 6.29 Å². The molecule has 0 aliphatic carbocycles. The summed E-state index contributed by atoms with van der Waals surface area (Å²) in [6.45, 7) is 0.656. The smallest absolute Gasteiger partial charge is 0.150 e. The van der Waals surface area contributed by atoms with Gasteiger partial charge in [-0.3, -0.25) is 4.79 Å². The van der Waals surface area contributed by atoms with Gasteiger partial charge in [0.1, 0.15) is 17.7 Å². The van der Waals surface area contributed by atoms with Gasteiger partial charge >= 0.3 is 0 Å². The van der Waals surface area contributed by atoms with Gasteiger partial charge in [0.15, 0.2) is 0 Å². The number of carbonyl (C=O) groups is 1. The number of unbranched alkanes of at least 4 members (excludes halogenated alkanes) is 2. The Hall–Kier alpha value is -2.88. The number of nitrogens with zero attached hydrogens (tertiary/aromatic N) is 2. The fourth-order valence-electron chi connectivity index (χ4n) is 2.75. The molecule has 0 fully saturated rings. The zero-order valence-corrected chi connectivity index (χ0v) is 14.2. The molecular formula is C21H22N2O2. The summed E-state index contributed by atoms with van der Waals surface area (Å²) >= 11 is 0. The third kappa shape index (κ3) is 4.80. The van der Waals surface area contributed by atoms with Crippen molar-refractivity contribution in [2.24, 2.45) is 0 Å². The Morgan fingerprint density at radius 2 is 1.88 bits per heavy atom. The Morgan fingerprint density at radius 3 is 2.64 bits per heavy atom. The zero-order chi connectivity index (χ0) is 17.3. The van der Waals surface area contributed by atoms with Crippen LogP contribution < -0.4 is 4.74 Å². The number of ether oxygens (including phenoxy) is 1. The van der Waals surface area contributed by atoms with Gasteiger partial charge in [0.05, 0.1) is 6.61 Å². The lowest BCUT2D eigenvalue weighted by Crippen LogP contribution is -2.04. The second-order valence-corrected chi connectivity index (χ2v) is 5.94. The molecule has 0 bridgehead atoms. The van der Waals surface area contributed by atoms with Crippen molar-refractivity contribution in [3.63, 3.8) is 0 Å². The first-order valence-corrected chi connectivity index (χ1v) is 8.63. The van der Waals surface area contributed by atoms with E-state index in [2.05, 4.69) is 29.4 Å². The fourth-order valence-corrected chi connectivity index (χ4v) is 2.75. The molecule has 0 saturated carbocycles. The van der Waals surface area contributed by atoms with E-state index in [4.69, 9.17) is 4.74 Å². The van der Waals surface area contributed by atoms with E-state index in [0.717, 1.165) is 43.4 Å². The van der Waals surface area contributed by atoms with Crippen LogP contribution in [0.25, 0.3) is 5.69 Å². The number of benzene rings is 2. The number of rotatable bonds is 9. The normalized spacial score (nSPS) is 10.6. The van der Waals surface area contributed by atoms with Gasteiger partial charge < -0.3 is 4.74 Å². The van der Waals surface area contributed by atoms with E-state index in [1.165, 1.54) is 5.56 Å². The van der Waals surface area contributed by atoms with Gasteiger partial charge in [-0.1, -0.05) is 30.3 Å². The predicted molar refractivity (Wildman–Crippen MR) is 98.4 cm³/mol. The number of aromatic nitrogens is 2. The molecule has 0 N–H and O–H groups in total. The highest BCUT2D eigenvalue weighted by Gasteiger charge is 2.08. The number of aryl methyl sites for hydroxylation is 1. The summed E-state index contributed by atoms with van der Waals surface area (Å²) in [4.78, 5) is 11.0. The van der Waals surface area contributed by atoms with Crippen LogP contribution in [0, 0.1) is 0 Å². The van der Waals surface area contributed by atoms with E-state index in [-0.39, 0.29) is 0 Å². The molecule has 4 nitrogen and oxygen atoms in total. The number of carbonyl (C=O) groups excluding carboxylic acids is 1. The van der Waals surface area contributed by atoms with Gasteiger partial charge in [-0.05, 0) is 55.5 Å². The average molecular weight is 334 g/mol. The zero-order valence-electron chi connectivity index (χ0n) is 14.2. The molecule has 0 saturated heterocycles. The summed E-state index contributed by atoms with van der Waals surface area (Å²) in [5, 5.41) is 4.23. The van der Waals surface area contributed by atoms with Crippen LogP contribution in [0.4, 0.5) is 0 Å². The molecule has 0 radical (unpaired) electrons. The van der Waals surface area contributed by atoms with E-state index in [1.54, 1.807) is 23.0 Å². The van der Waals surface area contributed by atoms with Crippen molar-refractivity contribution in [1.29, 1.82) is 0 Å². The fraction of sp³-hybridized carbons (Fsp3) is 0.238. The highest BCUT2D eigenvalue weighted by Crippen LogP contribution is 2.23. The van der Waals surface area contributed by atoms with Crippen LogP contribution in [0.1, 0.15) is 35.2 Å². The Labute approximate surface area is 148 Å². The van der Waals surface area contributed by atoms with Gasteiger partial charge in [-0.15, -0.1) is 0 Å². The summed E-state index contributed by atoms with van der Waals surface area (Å²) < 4.78 is 7.66. The predicted octanol–water partition coefficient (Wildman–Crippen LogP) is 4.48. The third-order valence-corrected chi connectivity index (χ3v) is 4.08. The summed E-state index contributed by atoms with van der Waals surface area (Å²) in [7, 11) is 0. The molecule has 0 spiro atoms. The average Bonchev–Trinajstić information content (AvgIpc) is 3.20. The lowest BCUT2D eigenvalue weighted by atomic mass is 10.1. The first kappa shape index (κ1) is 17.0. The molecule has 1 heterocycles. The molecule has 0 atom stereocenters. The molecule has 2 aromatic carbocycles. The number of hydrogen-bond donors (Lipinski definition) is 0. The quantitative estimate of drug-likeness (QED) is 0.428. The van der Waals surface area contributed by atoms with Gasteiger partial charge in [0.25, 0.3) is 0 Å². The van der Waals surface area contributed by atoms with Gasteiger partial charge in [0, 0.05) is 18.0 Å². The molecule has 0 aliphatic heterocycles. The molecule has 3 aromatic rings. The van der Waals surface area contributed by atoms with Gasteiger partial charge in [0.2, 0.25) is 0 Å².